The molecule has 2 rings (SSSR count). The van der Waals surface area contributed by atoms with Gasteiger partial charge in [-0.1, -0.05) is 26.0 Å². The first kappa shape index (κ1) is 16.8. The lowest BCUT2D eigenvalue weighted by Gasteiger charge is -2.32. The Hall–Kier alpha value is -1.55. The molecule has 1 aromatic carbocycles. The third kappa shape index (κ3) is 5.02. The van der Waals surface area contributed by atoms with Gasteiger partial charge < -0.3 is 14.7 Å². The fourth-order valence-corrected chi connectivity index (χ4v) is 2.69. The van der Waals surface area contributed by atoms with Crippen molar-refractivity contribution in [1.82, 2.24) is 4.90 Å². The van der Waals surface area contributed by atoms with Crippen molar-refractivity contribution >= 4 is 5.91 Å². The van der Waals surface area contributed by atoms with Crippen LogP contribution in [0.5, 0.6) is 5.75 Å². The number of aliphatic hydroxyl groups excluding tert-OH is 1. The molecule has 0 spiro atoms. The Kier molecular flexibility index (Phi) is 6.25. The van der Waals surface area contributed by atoms with E-state index in [2.05, 4.69) is 13.8 Å². The number of rotatable bonds is 6. The summed E-state index contributed by atoms with van der Waals surface area (Å²) in [4.78, 5) is 14.2. The number of hydrogen-bond donors (Lipinski definition) is 1. The summed E-state index contributed by atoms with van der Waals surface area (Å²) in [6.07, 6.45) is 2.42. The van der Waals surface area contributed by atoms with Crippen molar-refractivity contribution in [3.05, 3.63) is 29.8 Å². The zero-order chi connectivity index (χ0) is 15.9. The molecule has 1 amide bonds. The van der Waals surface area contributed by atoms with Gasteiger partial charge in [0, 0.05) is 19.7 Å². The van der Waals surface area contributed by atoms with Gasteiger partial charge in [-0.2, -0.15) is 0 Å². The van der Waals surface area contributed by atoms with E-state index in [0.717, 1.165) is 30.7 Å². The highest BCUT2D eigenvalue weighted by Gasteiger charge is 2.22. The monoisotopic (exact) mass is 305 g/mol. The number of likely N-dealkylation sites (tertiary alicyclic amines) is 1. The maximum atomic E-state index is 12.3. The fourth-order valence-electron chi connectivity index (χ4n) is 2.69. The van der Waals surface area contributed by atoms with E-state index < -0.39 is 0 Å². The lowest BCUT2D eigenvalue weighted by atomic mass is 9.98. The molecule has 1 heterocycles. The molecule has 122 valence electrons. The summed E-state index contributed by atoms with van der Waals surface area (Å²) in [5, 5.41) is 9.25. The Balaban J connectivity index is 1.86. The van der Waals surface area contributed by atoms with E-state index in [4.69, 9.17) is 4.74 Å². The molecule has 0 saturated carbocycles. The molecular weight excluding hydrogens is 278 g/mol. The van der Waals surface area contributed by atoms with E-state index in [1.54, 1.807) is 0 Å². The number of nitrogens with zero attached hydrogens (tertiary/aromatic N) is 1. The normalized spacial score (nSPS) is 18.5. The van der Waals surface area contributed by atoms with Crippen molar-refractivity contribution in [2.45, 2.75) is 33.1 Å². The van der Waals surface area contributed by atoms with E-state index in [-0.39, 0.29) is 18.4 Å². The molecule has 1 atom stereocenters. The van der Waals surface area contributed by atoms with E-state index in [9.17, 15) is 9.90 Å². The zero-order valence-electron chi connectivity index (χ0n) is 13.6. The van der Waals surface area contributed by atoms with Gasteiger partial charge in [0.25, 0.3) is 0 Å². The van der Waals surface area contributed by atoms with Crippen LogP contribution < -0.4 is 4.74 Å². The van der Waals surface area contributed by atoms with E-state index in [1.807, 2.05) is 29.2 Å². The van der Waals surface area contributed by atoms with Gasteiger partial charge in [0.05, 0.1) is 13.0 Å². The second kappa shape index (κ2) is 8.18. The van der Waals surface area contributed by atoms with Gasteiger partial charge in [0.1, 0.15) is 5.75 Å². The fraction of sp³-hybridized carbons (Fsp3) is 0.611. The number of hydrogen-bond acceptors (Lipinski definition) is 3. The number of ether oxygens (including phenoxy) is 1. The van der Waals surface area contributed by atoms with Gasteiger partial charge in [-0.05, 0) is 42.4 Å². The van der Waals surface area contributed by atoms with Crippen LogP contribution >= 0.6 is 0 Å². The van der Waals surface area contributed by atoms with Crippen LogP contribution in [-0.4, -0.2) is 42.2 Å². The smallest absolute Gasteiger partial charge is 0.226 e. The minimum absolute atomic E-state index is 0.147. The summed E-state index contributed by atoms with van der Waals surface area (Å²) in [5.41, 5.74) is 1.01. The molecule has 1 N–H and O–H groups in total. The lowest BCUT2D eigenvalue weighted by molar-refractivity contribution is -0.132. The van der Waals surface area contributed by atoms with Gasteiger partial charge >= 0.3 is 0 Å². The number of aliphatic hydroxyl groups is 1. The van der Waals surface area contributed by atoms with Crippen LogP contribution in [0, 0.1) is 11.8 Å². The molecule has 22 heavy (non-hydrogen) atoms. The highest BCUT2D eigenvalue weighted by molar-refractivity contribution is 5.78. The van der Waals surface area contributed by atoms with Crippen molar-refractivity contribution in [2.75, 3.05) is 26.3 Å². The third-order valence-corrected chi connectivity index (χ3v) is 3.99. The average molecular weight is 305 g/mol. The highest BCUT2D eigenvalue weighted by atomic mass is 16.5. The molecule has 0 bridgehead atoms. The Labute approximate surface area is 133 Å². The van der Waals surface area contributed by atoms with Crippen molar-refractivity contribution in [1.29, 1.82) is 0 Å². The Morgan fingerprint density at radius 3 is 2.73 bits per heavy atom. The predicted octanol–water partition coefficient (Wildman–Crippen LogP) is 2.49. The topological polar surface area (TPSA) is 49.8 Å². The molecule has 4 nitrogen and oxygen atoms in total. The van der Waals surface area contributed by atoms with Crippen molar-refractivity contribution in [3.63, 3.8) is 0 Å². The molecule has 4 heteroatoms. The van der Waals surface area contributed by atoms with Gasteiger partial charge in [0.15, 0.2) is 0 Å². The third-order valence-electron chi connectivity index (χ3n) is 3.99. The summed E-state index contributed by atoms with van der Waals surface area (Å²) < 4.78 is 5.65. The van der Waals surface area contributed by atoms with Gasteiger partial charge in [0.2, 0.25) is 5.91 Å². The molecule has 1 fully saturated rings. The largest absolute Gasteiger partial charge is 0.493 e. The van der Waals surface area contributed by atoms with E-state index in [0.29, 0.717) is 25.5 Å². The van der Waals surface area contributed by atoms with Crippen LogP contribution in [0.25, 0.3) is 0 Å². The highest BCUT2D eigenvalue weighted by Crippen LogP contribution is 2.18. The van der Waals surface area contributed by atoms with Gasteiger partial charge in [-0.3, -0.25) is 4.79 Å². The van der Waals surface area contributed by atoms with Crippen LogP contribution in [0.15, 0.2) is 24.3 Å². The standard InChI is InChI=1S/C18H27NO3/c1-14(2)13-22-17-7-5-15(6-8-17)10-18(21)19-9-3-4-16(11-19)12-20/h5-8,14,16,20H,3-4,9-13H2,1-2H3. The number of carbonyl (C=O) groups excluding carboxylic acids is 1. The van der Waals surface area contributed by atoms with Crippen LogP contribution in [0.2, 0.25) is 0 Å². The predicted molar refractivity (Wildman–Crippen MR) is 86.9 cm³/mol. The summed E-state index contributed by atoms with van der Waals surface area (Å²) in [5.74, 6) is 1.74. The zero-order valence-corrected chi connectivity index (χ0v) is 13.6. The molecule has 1 unspecified atom stereocenters. The molecule has 0 aromatic heterocycles. The number of benzene rings is 1. The number of carbonyl (C=O) groups is 1. The Bertz CT molecular complexity index is 470. The Morgan fingerprint density at radius 1 is 1.36 bits per heavy atom. The van der Waals surface area contributed by atoms with E-state index in [1.165, 1.54) is 0 Å². The summed E-state index contributed by atoms with van der Waals surface area (Å²) >= 11 is 0. The molecule has 0 radical (unpaired) electrons. The molecular formula is C18H27NO3. The number of piperidine rings is 1. The molecule has 1 aromatic rings. The molecule has 1 saturated heterocycles. The number of amides is 1. The van der Waals surface area contributed by atoms with Gasteiger partial charge in [-0.25, -0.2) is 0 Å². The quantitative estimate of drug-likeness (QED) is 0.878. The van der Waals surface area contributed by atoms with Crippen molar-refractivity contribution in [2.24, 2.45) is 11.8 Å². The van der Waals surface area contributed by atoms with Crippen molar-refractivity contribution in [3.8, 4) is 5.75 Å². The first-order chi connectivity index (χ1) is 10.6. The summed E-state index contributed by atoms with van der Waals surface area (Å²) in [6, 6.07) is 7.78. The molecule has 0 aliphatic carbocycles. The minimum atomic E-state index is 0.147. The average Bonchev–Trinajstić information content (AvgIpc) is 2.54. The maximum Gasteiger partial charge on any atom is 0.226 e. The summed E-state index contributed by atoms with van der Waals surface area (Å²) in [6.45, 7) is 6.60. The van der Waals surface area contributed by atoms with Crippen LogP contribution in [0.1, 0.15) is 32.3 Å². The summed E-state index contributed by atoms with van der Waals surface area (Å²) in [7, 11) is 0. The lowest BCUT2D eigenvalue weighted by Crippen LogP contribution is -2.41. The second-order valence-electron chi connectivity index (χ2n) is 6.56. The first-order valence-corrected chi connectivity index (χ1v) is 8.19. The maximum absolute atomic E-state index is 12.3. The van der Waals surface area contributed by atoms with Crippen LogP contribution in [-0.2, 0) is 11.2 Å². The first-order valence-electron chi connectivity index (χ1n) is 8.19. The molecule has 1 aliphatic heterocycles. The van der Waals surface area contributed by atoms with Crippen molar-refractivity contribution < 1.29 is 14.6 Å². The SMILES string of the molecule is CC(C)COc1ccc(CC(=O)N2CCCC(CO)C2)cc1. The van der Waals surface area contributed by atoms with Gasteiger partial charge in [-0.15, -0.1) is 0 Å². The van der Waals surface area contributed by atoms with Crippen LogP contribution in [0.4, 0.5) is 0 Å². The second-order valence-corrected chi connectivity index (χ2v) is 6.56. The molecule has 1 aliphatic rings. The Morgan fingerprint density at radius 2 is 2.09 bits per heavy atom. The minimum Gasteiger partial charge on any atom is -0.493 e. The van der Waals surface area contributed by atoms with E-state index >= 15 is 0 Å². The van der Waals surface area contributed by atoms with Crippen LogP contribution in [0.3, 0.4) is 0 Å².